The summed E-state index contributed by atoms with van der Waals surface area (Å²) >= 11 is 5.08. The molecule has 3 amide bonds. The number of carbonyl (C=O) groups is 3. The van der Waals surface area contributed by atoms with Crippen LogP contribution < -0.4 is 11.2 Å². The van der Waals surface area contributed by atoms with Gasteiger partial charge in [-0.2, -0.15) is 0 Å². The van der Waals surface area contributed by atoms with Gasteiger partial charge in [0.15, 0.2) is 0 Å². The van der Waals surface area contributed by atoms with Gasteiger partial charge in [-0.25, -0.2) is 9.80 Å². The smallest absolute Gasteiger partial charge is 0.333 e. The minimum absolute atomic E-state index is 0.0313. The first-order chi connectivity index (χ1) is 17.3. The van der Waals surface area contributed by atoms with E-state index in [1.54, 1.807) is 0 Å². The SMILES string of the molecule is Cc1ccc(CN(NC(=O)COCc2ccccc2)C(N)=O)cc1.O=C(Cl)COCc1ccccc1. The lowest BCUT2D eigenvalue weighted by Gasteiger charge is -2.21. The van der Waals surface area contributed by atoms with Crippen LogP contribution in [0, 0.1) is 6.92 Å². The van der Waals surface area contributed by atoms with Gasteiger partial charge in [-0.15, -0.1) is 0 Å². The first kappa shape index (κ1) is 28.5. The summed E-state index contributed by atoms with van der Waals surface area (Å²) in [6, 6.07) is 26.0. The van der Waals surface area contributed by atoms with Gasteiger partial charge in [0.05, 0.1) is 19.8 Å². The predicted octanol–water partition coefficient (Wildman–Crippen LogP) is 4.09. The third kappa shape index (κ3) is 12.1. The van der Waals surface area contributed by atoms with E-state index >= 15 is 0 Å². The first-order valence-electron chi connectivity index (χ1n) is 11.2. The number of amides is 3. The molecule has 3 N–H and O–H groups in total. The second-order valence-electron chi connectivity index (χ2n) is 7.76. The monoisotopic (exact) mass is 511 g/mol. The van der Waals surface area contributed by atoms with E-state index in [1.165, 1.54) is 0 Å². The summed E-state index contributed by atoms with van der Waals surface area (Å²) in [4.78, 5) is 33.7. The van der Waals surface area contributed by atoms with Crippen LogP contribution in [0.3, 0.4) is 0 Å². The molecule has 8 nitrogen and oxygen atoms in total. The molecular formula is C27H30ClN3O5. The number of nitrogens with one attached hydrogen (secondary N) is 1. The van der Waals surface area contributed by atoms with E-state index in [4.69, 9.17) is 26.8 Å². The zero-order valence-electron chi connectivity index (χ0n) is 20.1. The third-order valence-corrected chi connectivity index (χ3v) is 4.77. The minimum Gasteiger partial charge on any atom is -0.368 e. The highest BCUT2D eigenvalue weighted by Crippen LogP contribution is 2.06. The van der Waals surface area contributed by atoms with E-state index in [0.717, 1.165) is 27.3 Å². The van der Waals surface area contributed by atoms with Crippen LogP contribution in [-0.2, 0) is 38.8 Å². The number of aryl methyl sites for hydroxylation is 1. The maximum absolute atomic E-state index is 11.9. The van der Waals surface area contributed by atoms with E-state index in [9.17, 15) is 14.4 Å². The second-order valence-corrected chi connectivity index (χ2v) is 8.18. The molecule has 0 unspecified atom stereocenters. The summed E-state index contributed by atoms with van der Waals surface area (Å²) in [5, 5.41) is 0.602. The Hall–Kier alpha value is -3.72. The summed E-state index contributed by atoms with van der Waals surface area (Å²) in [5.41, 5.74) is 11.8. The zero-order valence-corrected chi connectivity index (χ0v) is 20.8. The van der Waals surface area contributed by atoms with Crippen LogP contribution in [0.5, 0.6) is 0 Å². The molecule has 0 aromatic heterocycles. The van der Waals surface area contributed by atoms with Gasteiger partial charge in [-0.3, -0.25) is 15.0 Å². The Kier molecular flexibility index (Phi) is 12.7. The second kappa shape index (κ2) is 16.0. The molecular weight excluding hydrogens is 482 g/mol. The average Bonchev–Trinajstić information content (AvgIpc) is 2.86. The van der Waals surface area contributed by atoms with Gasteiger partial charge in [0.2, 0.25) is 5.24 Å². The van der Waals surface area contributed by atoms with Crippen LogP contribution in [-0.4, -0.2) is 35.4 Å². The molecule has 3 aromatic carbocycles. The molecule has 0 aliphatic heterocycles. The lowest BCUT2D eigenvalue weighted by Crippen LogP contribution is -2.49. The molecule has 0 atom stereocenters. The van der Waals surface area contributed by atoms with E-state index in [-0.39, 0.29) is 19.8 Å². The Morgan fingerprint density at radius 1 is 0.778 bits per heavy atom. The zero-order chi connectivity index (χ0) is 26.2. The number of rotatable bonds is 10. The largest absolute Gasteiger partial charge is 0.368 e. The molecule has 9 heteroatoms. The number of hydrogen-bond donors (Lipinski definition) is 2. The summed E-state index contributed by atoms with van der Waals surface area (Å²) in [5.74, 6) is -0.433. The highest BCUT2D eigenvalue weighted by atomic mass is 35.5. The molecule has 36 heavy (non-hydrogen) atoms. The van der Waals surface area contributed by atoms with Gasteiger partial charge in [-0.1, -0.05) is 90.5 Å². The van der Waals surface area contributed by atoms with Crippen molar-refractivity contribution in [2.24, 2.45) is 5.73 Å². The van der Waals surface area contributed by atoms with Crippen molar-refractivity contribution in [2.45, 2.75) is 26.7 Å². The number of benzene rings is 3. The standard InChI is InChI=1S/C18H21N3O3.C9H9ClO2/c1-14-7-9-15(10-8-14)11-21(18(19)23)20-17(22)13-24-12-16-5-3-2-4-6-16;10-9(11)7-12-6-8-4-2-1-3-5-8/h2-10H,11-13H2,1H3,(H2,19,23)(H,20,22);1-5H,6-7H2. The van der Waals surface area contributed by atoms with Crippen molar-refractivity contribution < 1.29 is 23.9 Å². The maximum Gasteiger partial charge on any atom is 0.333 e. The Labute approximate surface area is 215 Å². The van der Waals surface area contributed by atoms with Crippen molar-refractivity contribution >= 4 is 28.8 Å². The number of carbonyl (C=O) groups excluding carboxylic acids is 3. The summed E-state index contributed by atoms with van der Waals surface area (Å²) < 4.78 is 10.3. The van der Waals surface area contributed by atoms with Gasteiger partial charge in [0.25, 0.3) is 5.91 Å². The number of primary amides is 1. The normalized spacial score (nSPS) is 10.1. The highest BCUT2D eigenvalue weighted by Gasteiger charge is 2.14. The Morgan fingerprint density at radius 2 is 1.28 bits per heavy atom. The molecule has 3 aromatic rings. The Balaban J connectivity index is 0.000000319. The molecule has 0 aliphatic carbocycles. The Bertz CT molecular complexity index is 1080. The third-order valence-electron chi connectivity index (χ3n) is 4.66. The van der Waals surface area contributed by atoms with Crippen LogP contribution in [0.15, 0.2) is 84.9 Å². The molecule has 0 aliphatic rings. The summed E-state index contributed by atoms with van der Waals surface area (Å²) in [6.45, 7) is 2.73. The van der Waals surface area contributed by atoms with Crippen LogP contribution in [0.25, 0.3) is 0 Å². The number of urea groups is 1. The minimum atomic E-state index is -0.730. The molecule has 0 bridgehead atoms. The Morgan fingerprint density at radius 3 is 1.75 bits per heavy atom. The molecule has 0 radical (unpaired) electrons. The molecule has 0 saturated carbocycles. The maximum atomic E-state index is 11.9. The van der Waals surface area contributed by atoms with E-state index in [1.807, 2.05) is 91.9 Å². The lowest BCUT2D eigenvalue weighted by atomic mass is 10.1. The number of nitrogens with two attached hydrogens (primary N) is 1. The fourth-order valence-electron chi connectivity index (χ4n) is 2.89. The van der Waals surface area contributed by atoms with Gasteiger partial charge in [0, 0.05) is 0 Å². The number of halogens is 1. The van der Waals surface area contributed by atoms with Gasteiger partial charge in [-0.05, 0) is 35.2 Å². The van der Waals surface area contributed by atoms with Gasteiger partial charge >= 0.3 is 6.03 Å². The molecule has 0 saturated heterocycles. The van der Waals surface area contributed by atoms with Gasteiger partial charge in [0.1, 0.15) is 13.2 Å². The quantitative estimate of drug-likeness (QED) is 0.314. The van der Waals surface area contributed by atoms with Crippen molar-refractivity contribution in [3.8, 4) is 0 Å². The highest BCUT2D eigenvalue weighted by molar-refractivity contribution is 6.63. The summed E-state index contributed by atoms with van der Waals surface area (Å²) in [6.07, 6.45) is 0. The fraction of sp³-hybridized carbons (Fsp3) is 0.222. The average molecular weight is 512 g/mol. The van der Waals surface area contributed by atoms with Crippen molar-refractivity contribution in [1.29, 1.82) is 0 Å². The van der Waals surface area contributed by atoms with Crippen molar-refractivity contribution in [2.75, 3.05) is 13.2 Å². The lowest BCUT2D eigenvalue weighted by molar-refractivity contribution is -0.130. The molecule has 190 valence electrons. The predicted molar refractivity (Wildman–Crippen MR) is 138 cm³/mol. The van der Waals surface area contributed by atoms with E-state index < -0.39 is 17.2 Å². The topological polar surface area (TPSA) is 111 Å². The van der Waals surface area contributed by atoms with Gasteiger partial charge < -0.3 is 15.2 Å². The molecule has 3 rings (SSSR count). The molecule has 0 heterocycles. The van der Waals surface area contributed by atoms with Crippen molar-refractivity contribution in [3.63, 3.8) is 0 Å². The van der Waals surface area contributed by atoms with Crippen LogP contribution in [0.4, 0.5) is 4.79 Å². The number of hydrazine groups is 1. The van der Waals surface area contributed by atoms with Crippen LogP contribution in [0.1, 0.15) is 22.3 Å². The molecule has 0 spiro atoms. The van der Waals surface area contributed by atoms with Crippen LogP contribution in [0.2, 0.25) is 0 Å². The number of nitrogens with zero attached hydrogens (tertiary/aromatic N) is 1. The fourth-order valence-corrected chi connectivity index (χ4v) is 2.97. The van der Waals surface area contributed by atoms with E-state index in [2.05, 4.69) is 5.43 Å². The number of ether oxygens (including phenoxy) is 2. The van der Waals surface area contributed by atoms with Crippen molar-refractivity contribution in [1.82, 2.24) is 10.4 Å². The number of hydrogen-bond acceptors (Lipinski definition) is 5. The van der Waals surface area contributed by atoms with E-state index in [0.29, 0.717) is 13.2 Å². The van der Waals surface area contributed by atoms with Crippen molar-refractivity contribution in [3.05, 3.63) is 107 Å². The molecule has 0 fully saturated rings. The summed E-state index contributed by atoms with van der Waals surface area (Å²) in [7, 11) is 0. The first-order valence-corrected chi connectivity index (χ1v) is 11.5. The van der Waals surface area contributed by atoms with Crippen LogP contribution >= 0.6 is 11.6 Å².